The molecule has 1 aromatic carbocycles. The van der Waals surface area contributed by atoms with Gasteiger partial charge in [0.25, 0.3) is 11.5 Å². The zero-order valence-corrected chi connectivity index (χ0v) is 15.4. The van der Waals surface area contributed by atoms with Gasteiger partial charge in [0.05, 0.1) is 5.39 Å². The van der Waals surface area contributed by atoms with Gasteiger partial charge in [0.15, 0.2) is 11.8 Å². The highest BCUT2D eigenvalue weighted by atomic mass is 16.5. The second-order valence-corrected chi connectivity index (χ2v) is 5.89. The molecule has 0 spiro atoms. The molecule has 0 unspecified atom stereocenters. The molecule has 2 N–H and O–H groups in total. The molecule has 27 heavy (non-hydrogen) atoms. The van der Waals surface area contributed by atoms with Crippen molar-refractivity contribution in [2.24, 2.45) is 0 Å². The van der Waals surface area contributed by atoms with Crippen LogP contribution in [-0.4, -0.2) is 40.8 Å². The number of nitrogens with one attached hydrogen (secondary N) is 2. The van der Waals surface area contributed by atoms with Gasteiger partial charge in [0.2, 0.25) is 0 Å². The van der Waals surface area contributed by atoms with E-state index in [4.69, 9.17) is 4.74 Å². The van der Waals surface area contributed by atoms with Crippen LogP contribution in [0, 0.1) is 0 Å². The van der Waals surface area contributed by atoms with Gasteiger partial charge >= 0.3 is 12.0 Å². The number of carbonyl (C=O) groups excluding carboxylic acids is 3. The molecular formula is C18H22N4O5. The summed E-state index contributed by atoms with van der Waals surface area (Å²) in [7, 11) is 1.36. The van der Waals surface area contributed by atoms with Gasteiger partial charge in [0.1, 0.15) is 0 Å². The topological polar surface area (TPSA) is 119 Å². The molecule has 2 rings (SSSR count). The van der Waals surface area contributed by atoms with E-state index in [2.05, 4.69) is 10.4 Å². The molecule has 0 aliphatic heterocycles. The van der Waals surface area contributed by atoms with Crippen molar-refractivity contribution in [1.82, 2.24) is 20.4 Å². The van der Waals surface area contributed by atoms with E-state index >= 15 is 0 Å². The summed E-state index contributed by atoms with van der Waals surface area (Å²) in [6, 6.07) is 5.88. The number of nitrogens with zero attached hydrogens (tertiary/aromatic N) is 2. The van der Waals surface area contributed by atoms with Crippen molar-refractivity contribution in [3.05, 3.63) is 40.3 Å². The number of benzene rings is 1. The summed E-state index contributed by atoms with van der Waals surface area (Å²) in [6.45, 7) is 3.69. The number of urea groups is 1. The van der Waals surface area contributed by atoms with E-state index in [1.165, 1.54) is 18.7 Å². The Morgan fingerprint density at radius 2 is 1.89 bits per heavy atom. The third-order valence-electron chi connectivity index (χ3n) is 3.90. The van der Waals surface area contributed by atoms with Crippen LogP contribution >= 0.6 is 0 Å². The lowest BCUT2D eigenvalue weighted by Gasteiger charge is -2.14. The molecule has 0 radical (unpaired) electrons. The number of ether oxygens (including phenoxy) is 1. The SMILES string of the molecule is CCCCn1nc(C(=O)O[C@@H](C)C(=O)NC(=O)NC)c2ccccc2c1=O. The Kier molecular flexibility index (Phi) is 6.64. The third kappa shape index (κ3) is 4.69. The Hall–Kier alpha value is -3.23. The van der Waals surface area contributed by atoms with Gasteiger partial charge in [-0.3, -0.25) is 14.9 Å². The van der Waals surface area contributed by atoms with E-state index < -0.39 is 24.0 Å². The molecular weight excluding hydrogens is 352 g/mol. The second-order valence-electron chi connectivity index (χ2n) is 5.89. The van der Waals surface area contributed by atoms with E-state index in [9.17, 15) is 19.2 Å². The number of hydrogen-bond donors (Lipinski definition) is 2. The molecule has 1 heterocycles. The minimum absolute atomic E-state index is 0.0547. The van der Waals surface area contributed by atoms with Crippen LogP contribution in [0.25, 0.3) is 10.8 Å². The van der Waals surface area contributed by atoms with Gasteiger partial charge in [-0.15, -0.1) is 0 Å². The first-order valence-electron chi connectivity index (χ1n) is 8.62. The van der Waals surface area contributed by atoms with Gasteiger partial charge in [0, 0.05) is 19.0 Å². The lowest BCUT2D eigenvalue weighted by molar-refractivity contribution is -0.127. The molecule has 9 nitrogen and oxygen atoms in total. The fraction of sp³-hybridized carbons (Fsp3) is 0.389. The molecule has 0 aliphatic carbocycles. The fourth-order valence-electron chi connectivity index (χ4n) is 2.39. The van der Waals surface area contributed by atoms with Gasteiger partial charge in [-0.25, -0.2) is 14.3 Å². The molecule has 144 valence electrons. The zero-order valence-electron chi connectivity index (χ0n) is 15.4. The van der Waals surface area contributed by atoms with Crippen molar-refractivity contribution < 1.29 is 19.1 Å². The van der Waals surface area contributed by atoms with Crippen LogP contribution in [0.4, 0.5) is 4.79 Å². The minimum atomic E-state index is -1.22. The highest BCUT2D eigenvalue weighted by Gasteiger charge is 2.24. The van der Waals surface area contributed by atoms with Crippen LogP contribution in [0.3, 0.4) is 0 Å². The summed E-state index contributed by atoms with van der Waals surface area (Å²) in [5.74, 6) is -1.62. The Balaban J connectivity index is 2.34. The Bertz CT molecular complexity index is 922. The van der Waals surface area contributed by atoms with Crippen molar-refractivity contribution in [2.75, 3.05) is 7.05 Å². The zero-order chi connectivity index (χ0) is 20.0. The van der Waals surface area contributed by atoms with Crippen LogP contribution < -0.4 is 16.2 Å². The van der Waals surface area contributed by atoms with Crippen molar-refractivity contribution in [3.63, 3.8) is 0 Å². The normalized spacial score (nSPS) is 11.7. The average molecular weight is 374 g/mol. The summed E-state index contributed by atoms with van der Waals surface area (Å²) < 4.78 is 6.38. The monoisotopic (exact) mass is 374 g/mol. The molecule has 0 aliphatic rings. The minimum Gasteiger partial charge on any atom is -0.448 e. The van der Waals surface area contributed by atoms with Crippen LogP contribution in [0.15, 0.2) is 29.1 Å². The number of aryl methyl sites for hydroxylation is 1. The third-order valence-corrected chi connectivity index (χ3v) is 3.90. The smallest absolute Gasteiger partial charge is 0.360 e. The van der Waals surface area contributed by atoms with E-state index in [1.807, 2.05) is 12.2 Å². The fourth-order valence-corrected chi connectivity index (χ4v) is 2.39. The predicted molar refractivity (Wildman–Crippen MR) is 98.4 cm³/mol. The van der Waals surface area contributed by atoms with Crippen molar-refractivity contribution in [1.29, 1.82) is 0 Å². The lowest BCUT2D eigenvalue weighted by atomic mass is 10.1. The van der Waals surface area contributed by atoms with Crippen LogP contribution in [0.5, 0.6) is 0 Å². The molecule has 3 amide bonds. The first kappa shape index (κ1) is 20.1. The molecule has 1 aromatic heterocycles. The van der Waals surface area contributed by atoms with Crippen molar-refractivity contribution in [3.8, 4) is 0 Å². The number of amides is 3. The second kappa shape index (κ2) is 8.93. The standard InChI is InChI=1S/C18H22N4O5/c1-4-5-10-22-16(24)13-9-7-6-8-12(13)14(21-22)17(25)27-11(2)15(23)20-18(26)19-3/h6-9,11H,4-5,10H2,1-3H3,(H2,19,20,23,26)/t11-/m0/s1. The number of fused-ring (bicyclic) bond motifs is 1. The van der Waals surface area contributed by atoms with Crippen LogP contribution in [0.1, 0.15) is 37.2 Å². The van der Waals surface area contributed by atoms with Crippen molar-refractivity contribution >= 4 is 28.7 Å². The Labute approximate surface area is 155 Å². The number of esters is 1. The summed E-state index contributed by atoms with van der Waals surface area (Å²) >= 11 is 0. The quantitative estimate of drug-likeness (QED) is 0.733. The van der Waals surface area contributed by atoms with E-state index in [-0.39, 0.29) is 11.3 Å². The number of imide groups is 1. The van der Waals surface area contributed by atoms with Gasteiger partial charge in [-0.1, -0.05) is 31.5 Å². The molecule has 0 fully saturated rings. The summed E-state index contributed by atoms with van der Waals surface area (Å²) in [5.41, 5.74) is -0.345. The van der Waals surface area contributed by atoms with Gasteiger partial charge in [-0.2, -0.15) is 5.10 Å². The Morgan fingerprint density at radius 1 is 1.22 bits per heavy atom. The largest absolute Gasteiger partial charge is 0.448 e. The maximum Gasteiger partial charge on any atom is 0.360 e. The highest BCUT2D eigenvalue weighted by Crippen LogP contribution is 2.15. The van der Waals surface area contributed by atoms with Crippen molar-refractivity contribution in [2.45, 2.75) is 39.3 Å². The van der Waals surface area contributed by atoms with Crippen LogP contribution in [0.2, 0.25) is 0 Å². The molecule has 1 atom stereocenters. The Morgan fingerprint density at radius 3 is 2.52 bits per heavy atom. The highest BCUT2D eigenvalue weighted by molar-refractivity contribution is 6.03. The first-order valence-corrected chi connectivity index (χ1v) is 8.62. The van der Waals surface area contributed by atoms with E-state index in [0.717, 1.165) is 12.8 Å². The molecule has 0 saturated heterocycles. The number of rotatable bonds is 6. The molecule has 0 saturated carbocycles. The molecule has 9 heteroatoms. The maximum absolute atomic E-state index is 12.6. The first-order chi connectivity index (χ1) is 12.9. The number of aromatic nitrogens is 2. The van der Waals surface area contributed by atoms with Gasteiger partial charge < -0.3 is 10.1 Å². The summed E-state index contributed by atoms with van der Waals surface area (Å²) in [4.78, 5) is 48.2. The number of hydrogen-bond acceptors (Lipinski definition) is 6. The number of unbranched alkanes of at least 4 members (excludes halogenated alkanes) is 1. The lowest BCUT2D eigenvalue weighted by Crippen LogP contribution is -2.43. The predicted octanol–water partition coefficient (Wildman–Crippen LogP) is 1.20. The van der Waals surface area contributed by atoms with E-state index in [1.54, 1.807) is 24.3 Å². The van der Waals surface area contributed by atoms with Crippen LogP contribution in [-0.2, 0) is 16.1 Å². The van der Waals surface area contributed by atoms with E-state index in [0.29, 0.717) is 17.3 Å². The van der Waals surface area contributed by atoms with Gasteiger partial charge in [-0.05, 0) is 19.4 Å². The molecule has 2 aromatic rings. The number of carbonyl (C=O) groups is 3. The summed E-state index contributed by atoms with van der Waals surface area (Å²) in [6.07, 6.45) is 0.369. The average Bonchev–Trinajstić information content (AvgIpc) is 2.67. The summed E-state index contributed by atoms with van der Waals surface area (Å²) in [5, 5.41) is 9.10. The maximum atomic E-state index is 12.6. The molecule has 0 bridgehead atoms.